The minimum Gasteiger partial charge on any atom is -0.472 e. The lowest BCUT2D eigenvalue weighted by atomic mass is 10.0. The van der Waals surface area contributed by atoms with Gasteiger partial charge in [0.15, 0.2) is 0 Å². The number of furan rings is 1. The number of para-hydroxylation sites is 1. The average Bonchev–Trinajstić information content (AvgIpc) is 3.39. The zero-order valence-electron chi connectivity index (χ0n) is 17.7. The molecule has 31 heavy (non-hydrogen) atoms. The third-order valence-corrected chi connectivity index (χ3v) is 5.08. The first-order chi connectivity index (χ1) is 14.9. The van der Waals surface area contributed by atoms with Gasteiger partial charge in [0, 0.05) is 35.2 Å². The van der Waals surface area contributed by atoms with Crippen LogP contribution in [0.2, 0.25) is 0 Å². The fourth-order valence-corrected chi connectivity index (χ4v) is 3.48. The number of carbonyl (C=O) groups is 2. The van der Waals surface area contributed by atoms with Gasteiger partial charge in [-0.05, 0) is 50.5 Å². The highest BCUT2D eigenvalue weighted by atomic mass is 16.3. The van der Waals surface area contributed by atoms with E-state index in [9.17, 15) is 9.59 Å². The standard InChI is InChI=1S/C24H24N4O3/c1-27(2)14-21(29)28(3)18-10-8-17(9-11-18)25-23(16-12-13-31-15-16)22-19-6-4-5-7-20(19)26-24(22)30/h4-13,15,25H,14H2,1-3H3,(H,26,30)/b23-22-. The van der Waals surface area contributed by atoms with E-state index >= 15 is 0 Å². The summed E-state index contributed by atoms with van der Waals surface area (Å²) in [6, 6.07) is 16.9. The molecule has 0 radical (unpaired) electrons. The number of likely N-dealkylation sites (N-methyl/N-ethyl adjacent to an activating group) is 2. The number of hydrogen-bond donors (Lipinski definition) is 2. The molecule has 2 heterocycles. The van der Waals surface area contributed by atoms with Gasteiger partial charge in [-0.1, -0.05) is 18.2 Å². The van der Waals surface area contributed by atoms with Crippen LogP contribution in [0.5, 0.6) is 0 Å². The highest BCUT2D eigenvalue weighted by Crippen LogP contribution is 2.37. The Morgan fingerprint density at radius 3 is 2.45 bits per heavy atom. The molecule has 0 unspecified atom stereocenters. The molecule has 1 aliphatic rings. The van der Waals surface area contributed by atoms with Gasteiger partial charge in [0.05, 0.1) is 30.3 Å². The molecule has 4 rings (SSSR count). The Hall–Kier alpha value is -3.84. The molecule has 0 fully saturated rings. The summed E-state index contributed by atoms with van der Waals surface area (Å²) in [7, 11) is 5.48. The predicted octanol–water partition coefficient (Wildman–Crippen LogP) is 3.74. The van der Waals surface area contributed by atoms with Gasteiger partial charge in [0.2, 0.25) is 5.91 Å². The highest BCUT2D eigenvalue weighted by molar-refractivity contribution is 6.37. The van der Waals surface area contributed by atoms with Crippen molar-refractivity contribution in [3.8, 4) is 0 Å². The topological polar surface area (TPSA) is 77.8 Å². The lowest BCUT2D eigenvalue weighted by Crippen LogP contribution is -2.34. The number of carbonyl (C=O) groups excluding carboxylic acids is 2. The molecular formula is C24H24N4O3. The van der Waals surface area contributed by atoms with E-state index < -0.39 is 0 Å². The van der Waals surface area contributed by atoms with Crippen LogP contribution in [0.15, 0.2) is 71.5 Å². The van der Waals surface area contributed by atoms with Gasteiger partial charge >= 0.3 is 0 Å². The molecule has 0 bridgehead atoms. The molecule has 2 N–H and O–H groups in total. The van der Waals surface area contributed by atoms with Gasteiger partial charge in [0.1, 0.15) is 0 Å². The SMILES string of the molecule is CN(C)CC(=O)N(C)c1ccc(N/C(=C2\C(=O)Nc3ccccc32)c2ccoc2)cc1. The summed E-state index contributed by atoms with van der Waals surface area (Å²) < 4.78 is 5.27. The largest absolute Gasteiger partial charge is 0.472 e. The number of amides is 2. The summed E-state index contributed by atoms with van der Waals surface area (Å²) >= 11 is 0. The van der Waals surface area contributed by atoms with Crippen LogP contribution < -0.4 is 15.5 Å². The zero-order valence-corrected chi connectivity index (χ0v) is 17.7. The van der Waals surface area contributed by atoms with E-state index in [1.54, 1.807) is 24.5 Å². The van der Waals surface area contributed by atoms with Crippen LogP contribution in [-0.2, 0) is 9.59 Å². The highest BCUT2D eigenvalue weighted by Gasteiger charge is 2.28. The van der Waals surface area contributed by atoms with Crippen LogP contribution in [0, 0.1) is 0 Å². The van der Waals surface area contributed by atoms with Crippen molar-refractivity contribution in [3.63, 3.8) is 0 Å². The summed E-state index contributed by atoms with van der Waals surface area (Å²) in [5, 5.41) is 6.28. The third kappa shape index (κ3) is 4.22. The summed E-state index contributed by atoms with van der Waals surface area (Å²) in [4.78, 5) is 28.5. The van der Waals surface area contributed by atoms with E-state index in [0.717, 1.165) is 28.2 Å². The molecule has 2 amide bonds. The van der Waals surface area contributed by atoms with Crippen molar-refractivity contribution >= 4 is 40.1 Å². The van der Waals surface area contributed by atoms with Crippen molar-refractivity contribution in [2.45, 2.75) is 0 Å². The lowest BCUT2D eigenvalue weighted by Gasteiger charge is -2.20. The van der Waals surface area contributed by atoms with Gasteiger partial charge in [-0.25, -0.2) is 0 Å². The monoisotopic (exact) mass is 416 g/mol. The second-order valence-corrected chi connectivity index (χ2v) is 7.62. The Bertz CT molecular complexity index is 1130. The maximum Gasteiger partial charge on any atom is 0.258 e. The second kappa shape index (κ2) is 8.49. The van der Waals surface area contributed by atoms with E-state index in [1.165, 1.54) is 0 Å². The molecule has 1 aliphatic heterocycles. The van der Waals surface area contributed by atoms with Crippen LogP contribution >= 0.6 is 0 Å². The van der Waals surface area contributed by atoms with E-state index in [4.69, 9.17) is 4.42 Å². The number of nitrogens with zero attached hydrogens (tertiary/aromatic N) is 2. The van der Waals surface area contributed by atoms with Crippen molar-refractivity contribution in [2.75, 3.05) is 43.2 Å². The number of nitrogens with one attached hydrogen (secondary N) is 2. The van der Waals surface area contributed by atoms with Crippen molar-refractivity contribution in [1.29, 1.82) is 0 Å². The summed E-state index contributed by atoms with van der Waals surface area (Å²) in [5.41, 5.74) is 5.17. The Kier molecular flexibility index (Phi) is 5.60. The average molecular weight is 416 g/mol. The molecule has 0 spiro atoms. The molecule has 0 saturated heterocycles. The van der Waals surface area contributed by atoms with Gasteiger partial charge in [-0.2, -0.15) is 0 Å². The predicted molar refractivity (Wildman–Crippen MR) is 123 cm³/mol. The first-order valence-electron chi connectivity index (χ1n) is 9.90. The first kappa shape index (κ1) is 20.4. The van der Waals surface area contributed by atoms with Crippen LogP contribution in [0.25, 0.3) is 11.3 Å². The number of benzene rings is 2. The smallest absolute Gasteiger partial charge is 0.258 e. The van der Waals surface area contributed by atoms with E-state index in [0.29, 0.717) is 17.8 Å². The fourth-order valence-electron chi connectivity index (χ4n) is 3.48. The maximum atomic E-state index is 12.8. The number of anilines is 3. The van der Waals surface area contributed by atoms with Crippen LogP contribution in [0.3, 0.4) is 0 Å². The molecule has 1 aromatic heterocycles. The van der Waals surface area contributed by atoms with Crippen molar-refractivity contribution in [2.24, 2.45) is 0 Å². The first-order valence-corrected chi connectivity index (χ1v) is 9.90. The maximum absolute atomic E-state index is 12.8. The van der Waals surface area contributed by atoms with Gasteiger partial charge in [-0.15, -0.1) is 0 Å². The van der Waals surface area contributed by atoms with Crippen LogP contribution in [0.1, 0.15) is 11.1 Å². The molecule has 0 atom stereocenters. The molecule has 7 nitrogen and oxygen atoms in total. The third-order valence-electron chi connectivity index (χ3n) is 5.08. The van der Waals surface area contributed by atoms with Gasteiger partial charge < -0.3 is 24.9 Å². The Morgan fingerprint density at radius 2 is 1.77 bits per heavy atom. The van der Waals surface area contributed by atoms with Gasteiger partial charge in [-0.3, -0.25) is 9.59 Å². The van der Waals surface area contributed by atoms with Crippen LogP contribution in [0.4, 0.5) is 17.1 Å². The Morgan fingerprint density at radius 1 is 1.03 bits per heavy atom. The quantitative estimate of drug-likeness (QED) is 0.599. The molecule has 7 heteroatoms. The Labute approximate surface area is 181 Å². The fraction of sp³-hybridized carbons (Fsp3) is 0.167. The minimum atomic E-state index is -0.171. The van der Waals surface area contributed by atoms with E-state index in [-0.39, 0.29) is 11.8 Å². The zero-order chi connectivity index (χ0) is 22.0. The molecule has 158 valence electrons. The number of fused-ring (bicyclic) bond motifs is 1. The normalized spacial score (nSPS) is 14.3. The molecule has 3 aromatic rings. The van der Waals surface area contributed by atoms with Crippen LogP contribution in [-0.4, -0.2) is 44.4 Å². The lowest BCUT2D eigenvalue weighted by molar-refractivity contribution is -0.119. The summed E-state index contributed by atoms with van der Waals surface area (Å²) in [5.74, 6) is -0.165. The van der Waals surface area contributed by atoms with Crippen molar-refractivity contribution in [1.82, 2.24) is 4.90 Å². The summed E-state index contributed by atoms with van der Waals surface area (Å²) in [6.45, 7) is 0.335. The molecule has 0 aliphatic carbocycles. The van der Waals surface area contributed by atoms with E-state index in [2.05, 4.69) is 10.6 Å². The number of hydrogen-bond acceptors (Lipinski definition) is 5. The number of rotatable bonds is 6. The summed E-state index contributed by atoms with van der Waals surface area (Å²) in [6.07, 6.45) is 3.18. The molecule has 0 saturated carbocycles. The second-order valence-electron chi connectivity index (χ2n) is 7.62. The Balaban J connectivity index is 1.66. The van der Waals surface area contributed by atoms with Gasteiger partial charge in [0.25, 0.3) is 5.91 Å². The van der Waals surface area contributed by atoms with Crippen molar-refractivity contribution < 1.29 is 14.0 Å². The van der Waals surface area contributed by atoms with Crippen molar-refractivity contribution in [3.05, 3.63) is 78.3 Å². The van der Waals surface area contributed by atoms with E-state index in [1.807, 2.05) is 73.6 Å². The molecule has 2 aromatic carbocycles. The molecular weight excluding hydrogens is 392 g/mol. The minimum absolute atomic E-state index is 0.00569.